The van der Waals surface area contributed by atoms with E-state index in [0.29, 0.717) is 23.0 Å². The molecule has 0 radical (unpaired) electrons. The van der Waals surface area contributed by atoms with E-state index in [1.54, 1.807) is 17.8 Å². The van der Waals surface area contributed by atoms with Crippen molar-refractivity contribution in [3.63, 3.8) is 0 Å². The maximum absolute atomic E-state index is 12.5. The highest BCUT2D eigenvalue weighted by atomic mass is 35.5. The number of carbonyl (C=O) groups is 1. The molecule has 1 amide bonds. The van der Waals surface area contributed by atoms with Crippen LogP contribution in [0.2, 0.25) is 5.02 Å². The number of hydrogen-bond donors (Lipinski definition) is 1. The molecule has 0 unspecified atom stereocenters. The first-order valence-corrected chi connectivity index (χ1v) is 12.0. The van der Waals surface area contributed by atoms with Crippen molar-refractivity contribution in [2.45, 2.75) is 31.1 Å². The molecule has 0 aromatic heterocycles. The molecule has 0 saturated heterocycles. The molecule has 0 spiro atoms. The standard InChI is InChI=1S/C26H26ClNO2S/c1-2-31-21-12-9-18(10-13-21)15-26(29)28-20-11-14-22(24(27)16-20)23-5-3-4-6-25(23)30-17-19-7-8-19/h3-6,9-14,16,19H,2,7-8,15,17H2,1H3,(H,28,29). The van der Waals surface area contributed by atoms with E-state index in [2.05, 4.69) is 24.4 Å². The van der Waals surface area contributed by atoms with Crippen molar-refractivity contribution in [3.8, 4) is 16.9 Å². The zero-order chi connectivity index (χ0) is 21.6. The molecule has 0 atom stereocenters. The number of amides is 1. The third kappa shape index (κ3) is 6.05. The van der Waals surface area contributed by atoms with Gasteiger partial charge in [-0.25, -0.2) is 0 Å². The average molecular weight is 452 g/mol. The highest BCUT2D eigenvalue weighted by molar-refractivity contribution is 7.99. The van der Waals surface area contributed by atoms with Crippen molar-refractivity contribution in [2.24, 2.45) is 5.92 Å². The van der Waals surface area contributed by atoms with Gasteiger partial charge in [0.25, 0.3) is 0 Å². The lowest BCUT2D eigenvalue weighted by atomic mass is 10.0. The lowest BCUT2D eigenvalue weighted by molar-refractivity contribution is -0.115. The Morgan fingerprint density at radius 2 is 1.84 bits per heavy atom. The van der Waals surface area contributed by atoms with Crippen LogP contribution in [0.15, 0.2) is 71.6 Å². The maximum atomic E-state index is 12.5. The summed E-state index contributed by atoms with van der Waals surface area (Å²) < 4.78 is 6.03. The SMILES string of the molecule is CCSc1ccc(CC(=O)Nc2ccc(-c3ccccc3OCC3CC3)c(Cl)c2)cc1. The molecule has 3 aromatic rings. The Hall–Kier alpha value is -2.43. The minimum absolute atomic E-state index is 0.0621. The summed E-state index contributed by atoms with van der Waals surface area (Å²) in [6.07, 6.45) is 2.83. The van der Waals surface area contributed by atoms with Gasteiger partial charge in [-0.1, -0.05) is 54.9 Å². The minimum Gasteiger partial charge on any atom is -0.493 e. The van der Waals surface area contributed by atoms with Gasteiger partial charge in [-0.3, -0.25) is 4.79 Å². The number of halogens is 1. The Balaban J connectivity index is 1.42. The molecule has 1 aliphatic carbocycles. The van der Waals surface area contributed by atoms with Crippen molar-refractivity contribution >= 4 is 35.0 Å². The lowest BCUT2D eigenvalue weighted by Gasteiger charge is -2.14. The normalized spacial score (nSPS) is 13.1. The van der Waals surface area contributed by atoms with Gasteiger partial charge in [0.05, 0.1) is 18.1 Å². The van der Waals surface area contributed by atoms with Gasteiger partial charge >= 0.3 is 0 Å². The number of hydrogen-bond acceptors (Lipinski definition) is 3. The van der Waals surface area contributed by atoms with Crippen molar-refractivity contribution in [3.05, 3.63) is 77.3 Å². The molecular formula is C26H26ClNO2S. The van der Waals surface area contributed by atoms with Crippen LogP contribution in [0.1, 0.15) is 25.3 Å². The van der Waals surface area contributed by atoms with Crippen molar-refractivity contribution in [2.75, 3.05) is 17.7 Å². The molecule has 1 saturated carbocycles. The molecule has 1 aliphatic rings. The molecule has 1 fully saturated rings. The fourth-order valence-electron chi connectivity index (χ4n) is 3.38. The second kappa shape index (κ2) is 10.3. The molecular weight excluding hydrogens is 426 g/mol. The Morgan fingerprint density at radius 1 is 1.06 bits per heavy atom. The summed E-state index contributed by atoms with van der Waals surface area (Å²) in [5, 5.41) is 3.54. The van der Waals surface area contributed by atoms with Crippen molar-refractivity contribution < 1.29 is 9.53 Å². The molecule has 4 rings (SSSR count). The number of para-hydroxylation sites is 1. The van der Waals surface area contributed by atoms with E-state index < -0.39 is 0 Å². The van der Waals surface area contributed by atoms with Crippen LogP contribution in [-0.4, -0.2) is 18.3 Å². The second-order valence-electron chi connectivity index (χ2n) is 7.75. The quantitative estimate of drug-likeness (QED) is 0.353. The summed E-state index contributed by atoms with van der Waals surface area (Å²) in [7, 11) is 0. The summed E-state index contributed by atoms with van der Waals surface area (Å²) >= 11 is 8.38. The Labute approximate surface area is 193 Å². The van der Waals surface area contributed by atoms with E-state index in [1.807, 2.05) is 48.5 Å². The van der Waals surface area contributed by atoms with Gasteiger partial charge in [0.15, 0.2) is 0 Å². The number of benzene rings is 3. The molecule has 160 valence electrons. The van der Waals surface area contributed by atoms with E-state index in [0.717, 1.165) is 34.8 Å². The highest BCUT2D eigenvalue weighted by Crippen LogP contribution is 2.37. The number of rotatable bonds is 9. The van der Waals surface area contributed by atoms with E-state index in [1.165, 1.54) is 17.7 Å². The zero-order valence-electron chi connectivity index (χ0n) is 17.6. The molecule has 31 heavy (non-hydrogen) atoms. The summed E-state index contributed by atoms with van der Waals surface area (Å²) in [6.45, 7) is 2.88. The van der Waals surface area contributed by atoms with E-state index in [-0.39, 0.29) is 5.91 Å². The number of anilines is 1. The van der Waals surface area contributed by atoms with Crippen LogP contribution in [0.25, 0.3) is 11.1 Å². The van der Waals surface area contributed by atoms with Crippen LogP contribution in [0, 0.1) is 5.92 Å². The van der Waals surface area contributed by atoms with Gasteiger partial charge in [0, 0.05) is 21.7 Å². The van der Waals surface area contributed by atoms with Gasteiger partial charge in [0.1, 0.15) is 5.75 Å². The fraction of sp³-hybridized carbons (Fsp3) is 0.269. The summed E-state index contributed by atoms with van der Waals surface area (Å²) in [4.78, 5) is 13.7. The number of thioether (sulfide) groups is 1. The third-order valence-corrected chi connectivity index (χ3v) is 6.41. The topological polar surface area (TPSA) is 38.3 Å². The van der Waals surface area contributed by atoms with Gasteiger partial charge in [-0.2, -0.15) is 0 Å². The Bertz CT molecular complexity index is 1050. The summed E-state index contributed by atoms with van der Waals surface area (Å²) in [5.74, 6) is 2.50. The lowest BCUT2D eigenvalue weighted by Crippen LogP contribution is -2.14. The van der Waals surface area contributed by atoms with Crippen LogP contribution in [0.5, 0.6) is 5.75 Å². The molecule has 0 bridgehead atoms. The zero-order valence-corrected chi connectivity index (χ0v) is 19.1. The monoisotopic (exact) mass is 451 g/mol. The maximum Gasteiger partial charge on any atom is 0.228 e. The minimum atomic E-state index is -0.0621. The average Bonchev–Trinajstić information content (AvgIpc) is 3.59. The molecule has 5 heteroatoms. The first kappa shape index (κ1) is 21.8. The first-order valence-electron chi connectivity index (χ1n) is 10.7. The molecule has 1 N–H and O–H groups in total. The van der Waals surface area contributed by atoms with Crippen LogP contribution < -0.4 is 10.1 Å². The van der Waals surface area contributed by atoms with Crippen LogP contribution >= 0.6 is 23.4 Å². The smallest absolute Gasteiger partial charge is 0.228 e. The predicted molar refractivity (Wildman–Crippen MR) is 130 cm³/mol. The largest absolute Gasteiger partial charge is 0.493 e. The molecule has 3 nitrogen and oxygen atoms in total. The summed E-state index contributed by atoms with van der Waals surface area (Å²) in [6, 6.07) is 21.7. The van der Waals surface area contributed by atoms with E-state index >= 15 is 0 Å². The fourth-order valence-corrected chi connectivity index (χ4v) is 4.32. The number of ether oxygens (including phenoxy) is 1. The highest BCUT2D eigenvalue weighted by Gasteiger charge is 2.22. The third-order valence-electron chi connectivity index (χ3n) is 5.20. The molecule has 0 aliphatic heterocycles. The van der Waals surface area contributed by atoms with Gasteiger partial charge < -0.3 is 10.1 Å². The number of carbonyl (C=O) groups excluding carboxylic acids is 1. The van der Waals surface area contributed by atoms with E-state index in [9.17, 15) is 4.79 Å². The van der Waals surface area contributed by atoms with Crippen molar-refractivity contribution in [1.29, 1.82) is 0 Å². The van der Waals surface area contributed by atoms with Gasteiger partial charge in [0.2, 0.25) is 5.91 Å². The number of nitrogens with one attached hydrogen (secondary N) is 1. The van der Waals surface area contributed by atoms with Crippen LogP contribution in [0.4, 0.5) is 5.69 Å². The molecule has 3 aromatic carbocycles. The van der Waals surface area contributed by atoms with Crippen LogP contribution in [0.3, 0.4) is 0 Å². The Morgan fingerprint density at radius 3 is 2.55 bits per heavy atom. The van der Waals surface area contributed by atoms with Crippen molar-refractivity contribution in [1.82, 2.24) is 0 Å². The van der Waals surface area contributed by atoms with E-state index in [4.69, 9.17) is 16.3 Å². The predicted octanol–water partition coefficient (Wildman–Crippen LogP) is 7.09. The summed E-state index contributed by atoms with van der Waals surface area (Å²) in [5.41, 5.74) is 3.54. The van der Waals surface area contributed by atoms with Gasteiger partial charge in [-0.05, 0) is 60.4 Å². The first-order chi connectivity index (χ1) is 15.1. The Kier molecular flexibility index (Phi) is 7.21. The molecule has 0 heterocycles. The van der Waals surface area contributed by atoms with Gasteiger partial charge in [-0.15, -0.1) is 11.8 Å². The van der Waals surface area contributed by atoms with Crippen LogP contribution in [-0.2, 0) is 11.2 Å². The second-order valence-corrected chi connectivity index (χ2v) is 9.49.